The van der Waals surface area contributed by atoms with Crippen LogP contribution >= 0.6 is 27.0 Å². The van der Waals surface area contributed by atoms with E-state index in [0.29, 0.717) is 48.1 Å². The molecule has 13 rings (SSSR count). The largest absolute Gasteiger partial charge is 0.457 e. The molecule has 20 heteroatoms. The Balaban J connectivity index is 0.000000183. The summed E-state index contributed by atoms with van der Waals surface area (Å²) in [6.45, 7) is 0. The lowest BCUT2D eigenvalue weighted by atomic mass is 9.78. The molecule has 0 saturated carbocycles. The van der Waals surface area contributed by atoms with Crippen LogP contribution in [0.15, 0.2) is 290 Å². The molecule has 478 valence electrons. The van der Waals surface area contributed by atoms with Crippen molar-refractivity contribution in [2.45, 2.75) is 53.0 Å². The SMILES string of the molecule is CSc1ccc(-c2cccc(CC(Cc3ccc(C(F)(F)P(=O)(O)O)cc3)(c3ccccc3)n3nnc4ccccc43)c2)cc1.O=P(O)(O)C(F)(F)c1ccc(CC(Cc2cccc(-c3cccc(Oc4ccccc4)c3)c2)(c2ccccc2)n2nnc3ccccc32)cc1. The summed E-state index contributed by atoms with van der Waals surface area (Å²) in [5.74, 6) is 1.45. The Kier molecular flexibility index (Phi) is 18.9. The van der Waals surface area contributed by atoms with Crippen LogP contribution < -0.4 is 4.74 Å². The maximum Gasteiger partial charge on any atom is 0.399 e. The number of benzene rings is 11. The van der Waals surface area contributed by atoms with Crippen LogP contribution in [0.5, 0.6) is 11.5 Å². The number of hydrogen-bond donors (Lipinski definition) is 4. The first-order valence-corrected chi connectivity index (χ1v) is 34.6. The predicted octanol–water partition coefficient (Wildman–Crippen LogP) is 17.6. The van der Waals surface area contributed by atoms with Crippen molar-refractivity contribution in [1.29, 1.82) is 0 Å². The van der Waals surface area contributed by atoms with Gasteiger partial charge < -0.3 is 24.3 Å². The molecule has 0 spiro atoms. The number of aromatic nitrogens is 6. The molecule has 13 aromatic rings. The number of fused-ring (bicyclic) bond motifs is 2. The topological polar surface area (TPSA) is 186 Å². The van der Waals surface area contributed by atoms with Gasteiger partial charge in [0.1, 0.15) is 22.5 Å². The van der Waals surface area contributed by atoms with Crippen LogP contribution in [0.4, 0.5) is 17.6 Å². The molecule has 13 nitrogen and oxygen atoms in total. The Morgan fingerprint density at radius 1 is 0.379 bits per heavy atom. The molecular weight excluding hydrogens is 1270 g/mol. The average Bonchev–Trinajstić information content (AvgIpc) is 1.71. The smallest absolute Gasteiger partial charge is 0.399 e. The van der Waals surface area contributed by atoms with Crippen molar-refractivity contribution >= 4 is 49.0 Å². The summed E-state index contributed by atoms with van der Waals surface area (Å²) in [5.41, 5.74) is 0.532. The highest BCUT2D eigenvalue weighted by molar-refractivity contribution is 7.98. The minimum atomic E-state index is -5.72. The predicted molar refractivity (Wildman–Crippen MR) is 364 cm³/mol. The van der Waals surface area contributed by atoms with Crippen LogP contribution in [0.2, 0.25) is 0 Å². The summed E-state index contributed by atoms with van der Waals surface area (Å²) in [4.78, 5) is 38.3. The van der Waals surface area contributed by atoms with E-state index in [4.69, 9.17) is 4.74 Å². The number of alkyl halides is 4. The highest BCUT2D eigenvalue weighted by Gasteiger charge is 2.51. The molecule has 0 aliphatic rings. The number of rotatable bonds is 21. The lowest BCUT2D eigenvalue weighted by Crippen LogP contribution is -2.40. The fourth-order valence-corrected chi connectivity index (χ4v) is 13.5. The summed E-state index contributed by atoms with van der Waals surface area (Å²) in [5, 5.41) is 18.3. The van der Waals surface area contributed by atoms with Crippen molar-refractivity contribution in [2.24, 2.45) is 0 Å². The molecule has 4 N–H and O–H groups in total. The molecule has 0 saturated heterocycles. The molecule has 2 atom stereocenters. The molecule has 2 aromatic heterocycles. The van der Waals surface area contributed by atoms with Gasteiger partial charge in [0.15, 0.2) is 0 Å². The third-order valence-corrected chi connectivity index (χ3v) is 19.6. The standard InChI is InChI=1S/C40H32F2N3O4P.C35H30F2N3O3PS/c41-40(42,50(46,47)48)34-23-21-29(22-24-34)27-39(33-14-3-1-4-15-33,45-38-20-8-7-19-37(38)43-44-45)28-30-11-9-12-31(25-30)32-13-10-18-36(26-32)49-35-16-5-2-6-17-35;1-45-31-20-16-27(17-21-31)28-9-7-8-26(22-28)24-34(29-10-3-2-4-11-29,40-33-13-6-5-12-32(33)38-39-40)23-25-14-18-30(19-15-25)35(36,37)44(41,42)43/h1-26H,27-28H2,(H2,46,47,48);2-22H,23-24H2,1H3,(H2,41,42,43). The van der Waals surface area contributed by atoms with E-state index in [1.165, 1.54) is 29.2 Å². The highest BCUT2D eigenvalue weighted by Crippen LogP contribution is 2.60. The summed E-state index contributed by atoms with van der Waals surface area (Å²) in [6.07, 6.45) is 3.61. The van der Waals surface area contributed by atoms with Gasteiger partial charge in [-0.1, -0.05) is 235 Å². The average molecular weight is 1330 g/mol. The fraction of sp³-hybridized carbons (Fsp3) is 0.120. The zero-order valence-corrected chi connectivity index (χ0v) is 53.6. The summed E-state index contributed by atoms with van der Waals surface area (Å²) in [7, 11) is -11.4. The minimum Gasteiger partial charge on any atom is -0.457 e. The first kappa shape index (κ1) is 65.5. The van der Waals surface area contributed by atoms with E-state index in [1.807, 2.05) is 204 Å². The summed E-state index contributed by atoms with van der Waals surface area (Å²) < 4.78 is 91.3. The Labute approximate surface area is 549 Å². The Hall–Kier alpha value is -9.61. The van der Waals surface area contributed by atoms with E-state index in [9.17, 15) is 46.3 Å². The van der Waals surface area contributed by atoms with Crippen molar-refractivity contribution in [2.75, 3.05) is 6.26 Å². The van der Waals surface area contributed by atoms with Gasteiger partial charge in [0.2, 0.25) is 0 Å². The van der Waals surface area contributed by atoms with Gasteiger partial charge in [0.25, 0.3) is 0 Å². The molecule has 0 bridgehead atoms. The second-order valence-electron chi connectivity index (χ2n) is 23.1. The number of thioether (sulfide) groups is 1. The van der Waals surface area contributed by atoms with Crippen LogP contribution in [0.1, 0.15) is 44.5 Å². The normalized spacial score (nSPS) is 13.4. The zero-order valence-electron chi connectivity index (χ0n) is 51.0. The van der Waals surface area contributed by atoms with Crippen LogP contribution in [-0.4, -0.2) is 55.8 Å². The molecule has 11 aromatic carbocycles. The van der Waals surface area contributed by atoms with Crippen LogP contribution in [0.3, 0.4) is 0 Å². The fourth-order valence-electron chi connectivity index (χ4n) is 12.1. The van der Waals surface area contributed by atoms with Crippen molar-refractivity contribution in [3.8, 4) is 33.8 Å². The van der Waals surface area contributed by atoms with Crippen molar-refractivity contribution in [1.82, 2.24) is 30.0 Å². The zero-order chi connectivity index (χ0) is 66.4. The van der Waals surface area contributed by atoms with Gasteiger partial charge in [0.05, 0.1) is 22.1 Å². The second kappa shape index (κ2) is 27.4. The van der Waals surface area contributed by atoms with Crippen molar-refractivity contribution in [3.05, 3.63) is 330 Å². The first-order valence-electron chi connectivity index (χ1n) is 30.2. The molecular formula is C75H62F4N6O7P2S. The van der Waals surface area contributed by atoms with Gasteiger partial charge >= 0.3 is 26.5 Å². The number of halogens is 4. The van der Waals surface area contributed by atoms with E-state index >= 15 is 0 Å². The van der Waals surface area contributed by atoms with E-state index in [-0.39, 0.29) is 0 Å². The van der Waals surface area contributed by atoms with E-state index < -0.39 is 48.7 Å². The number of nitrogens with zero attached hydrogens (tertiary/aromatic N) is 6. The molecule has 0 fully saturated rings. The Bertz CT molecular complexity index is 4890. The first-order chi connectivity index (χ1) is 45.7. The number of hydrogen-bond acceptors (Lipinski definition) is 8. The Morgan fingerprint density at radius 2 is 0.747 bits per heavy atom. The van der Waals surface area contributed by atoms with E-state index in [2.05, 4.69) is 69.2 Å². The van der Waals surface area contributed by atoms with Crippen LogP contribution in [-0.2, 0) is 57.2 Å². The van der Waals surface area contributed by atoms with Gasteiger partial charge in [-0.05, 0) is 123 Å². The molecule has 0 radical (unpaired) electrons. The molecule has 2 unspecified atom stereocenters. The summed E-state index contributed by atoms with van der Waals surface area (Å²) >= 11 is 1.69. The van der Waals surface area contributed by atoms with Crippen molar-refractivity contribution < 1.29 is 51.0 Å². The van der Waals surface area contributed by atoms with Gasteiger partial charge in [-0.25, -0.2) is 9.36 Å². The quantitative estimate of drug-likeness (QED) is 0.0304. The second-order valence-corrected chi connectivity index (χ2v) is 27.3. The Morgan fingerprint density at radius 3 is 1.18 bits per heavy atom. The highest BCUT2D eigenvalue weighted by atomic mass is 32.2. The maximum atomic E-state index is 14.6. The minimum absolute atomic E-state index is 0.302. The monoisotopic (exact) mass is 1330 g/mol. The lowest BCUT2D eigenvalue weighted by molar-refractivity contribution is 0.0564. The van der Waals surface area contributed by atoms with Gasteiger partial charge in [-0.15, -0.1) is 22.0 Å². The lowest BCUT2D eigenvalue weighted by Gasteiger charge is -2.36. The molecule has 0 aliphatic heterocycles. The van der Waals surface area contributed by atoms with Gasteiger partial charge in [-0.3, -0.25) is 9.13 Å². The molecule has 95 heavy (non-hydrogen) atoms. The number of ether oxygens (including phenoxy) is 1. The third kappa shape index (κ3) is 14.0. The number of para-hydroxylation sites is 3. The molecule has 0 aliphatic carbocycles. The molecule has 0 amide bonds. The van der Waals surface area contributed by atoms with Crippen LogP contribution in [0, 0.1) is 0 Å². The van der Waals surface area contributed by atoms with E-state index in [0.717, 1.165) is 91.1 Å². The molecule has 2 heterocycles. The van der Waals surface area contributed by atoms with Gasteiger partial charge in [0, 0.05) is 41.7 Å². The van der Waals surface area contributed by atoms with Gasteiger partial charge in [-0.2, -0.15) is 17.6 Å². The maximum absolute atomic E-state index is 14.6. The summed E-state index contributed by atoms with van der Waals surface area (Å²) in [6, 6.07) is 87.8. The van der Waals surface area contributed by atoms with E-state index in [1.54, 1.807) is 11.8 Å². The third-order valence-electron chi connectivity index (χ3n) is 16.9. The van der Waals surface area contributed by atoms with Crippen LogP contribution in [0.25, 0.3) is 44.3 Å². The van der Waals surface area contributed by atoms with Crippen molar-refractivity contribution in [3.63, 3.8) is 0 Å².